The lowest BCUT2D eigenvalue weighted by Crippen LogP contribution is -2.26. The first-order chi connectivity index (χ1) is 9.20. The molecule has 0 saturated carbocycles. The maximum absolute atomic E-state index is 13.2. The number of ether oxygens (including phenoxy) is 1. The van der Waals surface area contributed by atoms with E-state index >= 15 is 0 Å². The molecule has 1 heterocycles. The minimum atomic E-state index is -0.499. The number of aromatic nitrogens is 3. The molecule has 0 bridgehead atoms. The van der Waals surface area contributed by atoms with Crippen molar-refractivity contribution < 1.29 is 13.9 Å². The molecule has 0 radical (unpaired) electrons. The van der Waals surface area contributed by atoms with Gasteiger partial charge in [0.1, 0.15) is 12.2 Å². The Labute approximate surface area is 109 Å². The molecule has 0 spiro atoms. The van der Waals surface area contributed by atoms with E-state index < -0.39 is 5.82 Å². The number of methoxy groups -OCH3 is 1. The minimum absolute atomic E-state index is 0.0443. The van der Waals surface area contributed by atoms with Gasteiger partial charge < -0.3 is 10.1 Å². The molecule has 1 aromatic heterocycles. The second-order valence-electron chi connectivity index (χ2n) is 3.79. The zero-order valence-electron chi connectivity index (χ0n) is 10.3. The summed E-state index contributed by atoms with van der Waals surface area (Å²) in [4.78, 5) is 15.8. The smallest absolute Gasteiger partial charge is 0.251 e. The van der Waals surface area contributed by atoms with Crippen LogP contribution in [0.5, 0.6) is 5.75 Å². The van der Waals surface area contributed by atoms with E-state index in [9.17, 15) is 9.18 Å². The van der Waals surface area contributed by atoms with Gasteiger partial charge in [-0.2, -0.15) is 5.10 Å². The molecule has 0 aliphatic heterocycles. The summed E-state index contributed by atoms with van der Waals surface area (Å²) >= 11 is 0. The number of rotatable bonds is 5. The zero-order valence-corrected chi connectivity index (χ0v) is 10.3. The Morgan fingerprint density at radius 2 is 2.37 bits per heavy atom. The molecule has 0 fully saturated rings. The van der Waals surface area contributed by atoms with Gasteiger partial charge in [-0.05, 0) is 18.2 Å². The topological polar surface area (TPSA) is 79.9 Å². The first-order valence-corrected chi connectivity index (χ1v) is 5.66. The Morgan fingerprint density at radius 1 is 1.53 bits per heavy atom. The number of nitrogens with one attached hydrogen (secondary N) is 2. The first-order valence-electron chi connectivity index (χ1n) is 5.66. The fourth-order valence-corrected chi connectivity index (χ4v) is 1.55. The highest BCUT2D eigenvalue weighted by atomic mass is 19.1. The predicted octanol–water partition coefficient (Wildman–Crippen LogP) is 0.925. The number of aromatic amines is 1. The third kappa shape index (κ3) is 3.27. The summed E-state index contributed by atoms with van der Waals surface area (Å²) in [5.41, 5.74) is 0.343. The van der Waals surface area contributed by atoms with Crippen LogP contribution in [0.2, 0.25) is 0 Å². The normalized spacial score (nSPS) is 10.2. The van der Waals surface area contributed by atoms with Crippen molar-refractivity contribution in [1.29, 1.82) is 0 Å². The molecule has 1 aromatic carbocycles. The molecule has 0 saturated heterocycles. The SMILES string of the molecule is COc1cc(C(=O)NCCc2ncn[nH]2)ccc1F. The van der Waals surface area contributed by atoms with Gasteiger partial charge in [-0.1, -0.05) is 0 Å². The average molecular weight is 264 g/mol. The fourth-order valence-electron chi connectivity index (χ4n) is 1.55. The Balaban J connectivity index is 1.92. The number of hydrogen-bond acceptors (Lipinski definition) is 4. The highest BCUT2D eigenvalue weighted by molar-refractivity contribution is 5.94. The van der Waals surface area contributed by atoms with E-state index in [1.165, 1.54) is 31.6 Å². The number of hydrogen-bond donors (Lipinski definition) is 2. The summed E-state index contributed by atoms with van der Waals surface area (Å²) in [6.45, 7) is 0.410. The van der Waals surface area contributed by atoms with Crippen LogP contribution in [0.4, 0.5) is 4.39 Å². The monoisotopic (exact) mass is 264 g/mol. The van der Waals surface area contributed by atoms with Crippen molar-refractivity contribution in [2.45, 2.75) is 6.42 Å². The van der Waals surface area contributed by atoms with Gasteiger partial charge in [-0.3, -0.25) is 9.89 Å². The van der Waals surface area contributed by atoms with Crippen LogP contribution in [0.15, 0.2) is 24.5 Å². The van der Waals surface area contributed by atoms with Crippen molar-refractivity contribution in [3.8, 4) is 5.75 Å². The summed E-state index contributed by atoms with van der Waals surface area (Å²) < 4.78 is 18.0. The summed E-state index contributed by atoms with van der Waals surface area (Å²) in [6, 6.07) is 3.96. The van der Waals surface area contributed by atoms with Crippen molar-refractivity contribution in [1.82, 2.24) is 20.5 Å². The average Bonchev–Trinajstić information content (AvgIpc) is 2.92. The Bertz CT molecular complexity index is 557. The Hall–Kier alpha value is -2.44. The van der Waals surface area contributed by atoms with E-state index in [1.807, 2.05) is 0 Å². The molecule has 0 aliphatic carbocycles. The highest BCUT2D eigenvalue weighted by Crippen LogP contribution is 2.17. The van der Waals surface area contributed by atoms with E-state index in [1.54, 1.807) is 0 Å². The molecule has 1 amide bonds. The number of halogens is 1. The van der Waals surface area contributed by atoms with Crippen LogP contribution >= 0.6 is 0 Å². The third-order valence-corrected chi connectivity index (χ3v) is 2.53. The number of benzene rings is 1. The van der Waals surface area contributed by atoms with Crippen LogP contribution < -0.4 is 10.1 Å². The summed E-state index contributed by atoms with van der Waals surface area (Å²) in [5, 5.41) is 9.10. The van der Waals surface area contributed by atoms with Crippen LogP contribution in [0, 0.1) is 5.82 Å². The lowest BCUT2D eigenvalue weighted by Gasteiger charge is -2.06. The van der Waals surface area contributed by atoms with Crippen molar-refractivity contribution in [3.05, 3.63) is 41.7 Å². The van der Waals surface area contributed by atoms with Crippen molar-refractivity contribution >= 4 is 5.91 Å². The quantitative estimate of drug-likeness (QED) is 0.841. The van der Waals surface area contributed by atoms with Crippen LogP contribution in [0.1, 0.15) is 16.2 Å². The number of nitrogens with zero attached hydrogens (tertiary/aromatic N) is 2. The standard InChI is InChI=1S/C12H13FN4O2/c1-19-10-6-8(2-3-9(10)13)12(18)14-5-4-11-15-7-16-17-11/h2-3,6-7H,4-5H2,1H3,(H,14,18)(H,15,16,17). The molecule has 7 heteroatoms. The fraction of sp³-hybridized carbons (Fsp3) is 0.250. The molecular weight excluding hydrogens is 251 g/mol. The van der Waals surface area contributed by atoms with Gasteiger partial charge in [-0.15, -0.1) is 0 Å². The van der Waals surface area contributed by atoms with Gasteiger partial charge in [0.15, 0.2) is 11.6 Å². The minimum Gasteiger partial charge on any atom is -0.494 e. The maximum atomic E-state index is 13.2. The molecule has 0 unspecified atom stereocenters. The molecule has 0 atom stereocenters. The van der Waals surface area contributed by atoms with Gasteiger partial charge in [0, 0.05) is 18.5 Å². The van der Waals surface area contributed by atoms with Crippen LogP contribution in [0.3, 0.4) is 0 Å². The first kappa shape index (κ1) is 13.0. The lowest BCUT2D eigenvalue weighted by atomic mass is 10.2. The van der Waals surface area contributed by atoms with Crippen molar-refractivity contribution in [3.63, 3.8) is 0 Å². The van der Waals surface area contributed by atoms with E-state index in [-0.39, 0.29) is 11.7 Å². The predicted molar refractivity (Wildman–Crippen MR) is 65.4 cm³/mol. The maximum Gasteiger partial charge on any atom is 0.251 e. The second-order valence-corrected chi connectivity index (χ2v) is 3.79. The van der Waals surface area contributed by atoms with Crippen LogP contribution in [-0.4, -0.2) is 34.7 Å². The molecule has 2 aromatic rings. The van der Waals surface area contributed by atoms with E-state index in [0.717, 1.165) is 0 Å². The van der Waals surface area contributed by atoms with Crippen molar-refractivity contribution in [2.75, 3.05) is 13.7 Å². The van der Waals surface area contributed by atoms with Gasteiger partial charge >= 0.3 is 0 Å². The molecule has 2 rings (SSSR count). The van der Waals surface area contributed by atoms with Gasteiger partial charge in [0.05, 0.1) is 7.11 Å². The van der Waals surface area contributed by atoms with Crippen molar-refractivity contribution in [2.24, 2.45) is 0 Å². The molecule has 2 N–H and O–H groups in total. The zero-order chi connectivity index (χ0) is 13.7. The Kier molecular flexibility index (Phi) is 4.07. The van der Waals surface area contributed by atoms with Gasteiger partial charge in [0.2, 0.25) is 0 Å². The molecule has 100 valence electrons. The molecule has 19 heavy (non-hydrogen) atoms. The number of carbonyl (C=O) groups is 1. The summed E-state index contributed by atoms with van der Waals surface area (Å²) in [6.07, 6.45) is 1.95. The lowest BCUT2D eigenvalue weighted by molar-refractivity contribution is 0.0953. The molecule has 0 aliphatic rings. The third-order valence-electron chi connectivity index (χ3n) is 2.53. The largest absolute Gasteiger partial charge is 0.494 e. The highest BCUT2D eigenvalue weighted by Gasteiger charge is 2.09. The summed E-state index contributed by atoms with van der Waals surface area (Å²) in [5.74, 6) is -0.0570. The van der Waals surface area contributed by atoms with Crippen LogP contribution in [-0.2, 0) is 6.42 Å². The number of carbonyl (C=O) groups excluding carboxylic acids is 1. The molecular formula is C12H13FN4O2. The van der Waals surface area contributed by atoms with E-state index in [4.69, 9.17) is 4.74 Å². The van der Waals surface area contributed by atoms with Gasteiger partial charge in [0.25, 0.3) is 5.91 Å². The summed E-state index contributed by atoms with van der Waals surface area (Å²) in [7, 11) is 1.35. The number of H-pyrrole nitrogens is 1. The van der Waals surface area contributed by atoms with Crippen LogP contribution in [0.25, 0.3) is 0 Å². The Morgan fingerprint density at radius 3 is 3.05 bits per heavy atom. The van der Waals surface area contributed by atoms with E-state index in [0.29, 0.717) is 24.4 Å². The molecule has 6 nitrogen and oxygen atoms in total. The number of amides is 1. The van der Waals surface area contributed by atoms with Gasteiger partial charge in [-0.25, -0.2) is 9.37 Å². The second kappa shape index (κ2) is 5.94. The van der Waals surface area contributed by atoms with E-state index in [2.05, 4.69) is 20.5 Å².